The molecule has 1 amide bonds. The minimum atomic E-state index is -1.45. The second kappa shape index (κ2) is 5.35. The van der Waals surface area contributed by atoms with Crippen LogP contribution < -0.4 is 9.64 Å². The molecule has 7 heteroatoms. The Bertz CT molecular complexity index is 778. The van der Waals surface area contributed by atoms with Gasteiger partial charge in [0.1, 0.15) is 5.75 Å². The van der Waals surface area contributed by atoms with Gasteiger partial charge < -0.3 is 9.47 Å². The van der Waals surface area contributed by atoms with Crippen LogP contribution in [0.2, 0.25) is 0 Å². The van der Waals surface area contributed by atoms with Crippen molar-refractivity contribution < 1.29 is 19.1 Å². The summed E-state index contributed by atoms with van der Waals surface area (Å²) in [4.78, 5) is 34.0. The number of fused-ring (bicyclic) bond motifs is 1. The van der Waals surface area contributed by atoms with E-state index in [4.69, 9.17) is 9.47 Å². The molecule has 1 atom stereocenters. The highest BCUT2D eigenvalue weighted by Gasteiger charge is 2.52. The first-order valence-corrected chi connectivity index (χ1v) is 6.97. The van der Waals surface area contributed by atoms with Crippen molar-refractivity contribution in [1.82, 2.24) is 9.97 Å². The van der Waals surface area contributed by atoms with Crippen LogP contribution in [0, 0.1) is 0 Å². The van der Waals surface area contributed by atoms with Gasteiger partial charge in [0.15, 0.2) is 0 Å². The van der Waals surface area contributed by atoms with E-state index in [-0.39, 0.29) is 5.95 Å². The van der Waals surface area contributed by atoms with Crippen LogP contribution in [0.3, 0.4) is 0 Å². The number of benzene rings is 1. The number of hydrogen-bond acceptors (Lipinski definition) is 6. The van der Waals surface area contributed by atoms with Crippen molar-refractivity contribution in [1.29, 1.82) is 0 Å². The number of methoxy groups -OCH3 is 1. The summed E-state index contributed by atoms with van der Waals surface area (Å²) in [5, 5.41) is 0. The van der Waals surface area contributed by atoms with Crippen LogP contribution >= 0.6 is 0 Å². The second-order valence-electron chi connectivity index (χ2n) is 5.20. The largest absolute Gasteiger partial charge is 0.497 e. The number of esters is 1. The third kappa shape index (κ3) is 2.30. The lowest BCUT2D eigenvalue weighted by atomic mass is 9.97. The number of anilines is 2. The third-order valence-electron chi connectivity index (χ3n) is 3.67. The maximum absolute atomic E-state index is 12.9. The van der Waals surface area contributed by atoms with Gasteiger partial charge in [-0.05, 0) is 31.2 Å². The van der Waals surface area contributed by atoms with E-state index in [2.05, 4.69) is 9.97 Å². The van der Waals surface area contributed by atoms with Crippen LogP contribution in [0.15, 0.2) is 36.7 Å². The Balaban J connectivity index is 2.20. The van der Waals surface area contributed by atoms with Crippen molar-refractivity contribution in [3.05, 3.63) is 42.2 Å². The fourth-order valence-corrected chi connectivity index (χ4v) is 2.65. The Hall–Kier alpha value is -2.96. The molecule has 7 nitrogen and oxygen atoms in total. The molecule has 0 N–H and O–H groups in total. The van der Waals surface area contributed by atoms with Crippen LogP contribution in [0.25, 0.3) is 0 Å². The molecule has 0 spiro atoms. The van der Waals surface area contributed by atoms with Gasteiger partial charge in [0.05, 0.1) is 12.8 Å². The predicted molar refractivity (Wildman–Crippen MR) is 81.3 cm³/mol. The van der Waals surface area contributed by atoms with Gasteiger partial charge in [-0.2, -0.15) is 0 Å². The van der Waals surface area contributed by atoms with Gasteiger partial charge in [0.2, 0.25) is 11.5 Å². The summed E-state index contributed by atoms with van der Waals surface area (Å²) in [6, 6.07) is 6.78. The summed E-state index contributed by atoms with van der Waals surface area (Å²) in [5.74, 6) is -0.196. The summed E-state index contributed by atoms with van der Waals surface area (Å²) < 4.78 is 10.6. The number of carbonyl (C=O) groups excluding carboxylic acids is 2. The number of rotatable bonds is 3. The molecule has 3 rings (SSSR count). The van der Waals surface area contributed by atoms with Gasteiger partial charge >= 0.3 is 5.97 Å². The summed E-state index contributed by atoms with van der Waals surface area (Å²) >= 11 is 0. The lowest BCUT2D eigenvalue weighted by molar-refractivity contribution is -0.163. The van der Waals surface area contributed by atoms with Gasteiger partial charge in [-0.25, -0.2) is 14.9 Å². The van der Waals surface area contributed by atoms with E-state index in [0.29, 0.717) is 17.0 Å². The molecule has 0 saturated heterocycles. The molecule has 1 aliphatic heterocycles. The van der Waals surface area contributed by atoms with Crippen LogP contribution in [-0.2, 0) is 19.9 Å². The van der Waals surface area contributed by atoms with Crippen LogP contribution in [-0.4, -0.2) is 29.0 Å². The number of nitrogens with zero attached hydrogens (tertiary/aromatic N) is 3. The Kier molecular flexibility index (Phi) is 3.48. The molecule has 0 bridgehead atoms. The van der Waals surface area contributed by atoms with E-state index >= 15 is 0 Å². The molecule has 0 saturated carbocycles. The zero-order chi connectivity index (χ0) is 16.6. The highest BCUT2D eigenvalue weighted by molar-refractivity contribution is 6.11. The highest BCUT2D eigenvalue weighted by Crippen LogP contribution is 2.46. The average molecular weight is 313 g/mol. The van der Waals surface area contributed by atoms with Gasteiger partial charge in [-0.3, -0.25) is 9.59 Å². The Morgan fingerprint density at radius 2 is 1.96 bits per heavy atom. The molecule has 23 heavy (non-hydrogen) atoms. The zero-order valence-corrected chi connectivity index (χ0v) is 12.9. The first-order valence-electron chi connectivity index (χ1n) is 6.97. The van der Waals surface area contributed by atoms with Crippen molar-refractivity contribution in [3.63, 3.8) is 0 Å². The average Bonchev–Trinajstić information content (AvgIpc) is 2.75. The van der Waals surface area contributed by atoms with E-state index < -0.39 is 17.5 Å². The third-order valence-corrected chi connectivity index (χ3v) is 3.67. The van der Waals surface area contributed by atoms with E-state index in [1.807, 2.05) is 0 Å². The molecular formula is C16H15N3O4. The Morgan fingerprint density at radius 3 is 2.57 bits per heavy atom. The SMILES string of the molecule is COc1ccc2c(c1)C(C)(OC(C)=O)C(=O)N2c1ncccn1. The van der Waals surface area contributed by atoms with E-state index in [1.54, 1.807) is 43.6 Å². The lowest BCUT2D eigenvalue weighted by Crippen LogP contribution is -2.39. The van der Waals surface area contributed by atoms with Gasteiger partial charge in [0.25, 0.3) is 5.91 Å². The topological polar surface area (TPSA) is 81.6 Å². The minimum absolute atomic E-state index is 0.222. The van der Waals surface area contributed by atoms with Crippen molar-refractivity contribution in [2.45, 2.75) is 19.4 Å². The number of aromatic nitrogens is 2. The van der Waals surface area contributed by atoms with Gasteiger partial charge in [0, 0.05) is 24.9 Å². The normalized spacial score (nSPS) is 19.4. The Morgan fingerprint density at radius 1 is 1.26 bits per heavy atom. The standard InChI is InChI=1S/C16H15N3O4/c1-10(20)23-16(2)12-9-11(22-3)5-6-13(12)19(14(16)21)15-17-7-4-8-18-15/h4-9H,1-3H3. The summed E-state index contributed by atoms with van der Waals surface area (Å²) in [5.41, 5.74) is -0.357. The zero-order valence-electron chi connectivity index (χ0n) is 12.9. The smallest absolute Gasteiger partial charge is 0.304 e. The molecule has 118 valence electrons. The molecular weight excluding hydrogens is 298 g/mol. The maximum Gasteiger partial charge on any atom is 0.304 e. The molecule has 1 aliphatic rings. The molecule has 2 aromatic rings. The molecule has 0 radical (unpaired) electrons. The van der Waals surface area contributed by atoms with E-state index in [1.165, 1.54) is 18.9 Å². The molecule has 0 aliphatic carbocycles. The fourth-order valence-electron chi connectivity index (χ4n) is 2.65. The molecule has 1 aromatic heterocycles. The predicted octanol–water partition coefficient (Wildman–Crippen LogP) is 1.94. The highest BCUT2D eigenvalue weighted by atomic mass is 16.6. The Labute approximate surface area is 132 Å². The summed E-state index contributed by atoms with van der Waals surface area (Å²) in [6.07, 6.45) is 3.08. The van der Waals surface area contributed by atoms with Crippen LogP contribution in [0.1, 0.15) is 19.4 Å². The van der Waals surface area contributed by atoms with Crippen molar-refractivity contribution in [3.8, 4) is 5.75 Å². The van der Waals surface area contributed by atoms with E-state index in [9.17, 15) is 9.59 Å². The number of ether oxygens (including phenoxy) is 2. The first kappa shape index (κ1) is 15.0. The van der Waals surface area contributed by atoms with Crippen molar-refractivity contribution >= 4 is 23.5 Å². The van der Waals surface area contributed by atoms with Crippen LogP contribution in [0.4, 0.5) is 11.6 Å². The fraction of sp³-hybridized carbons (Fsp3) is 0.250. The first-order chi connectivity index (χ1) is 11.0. The molecule has 1 aromatic carbocycles. The second-order valence-corrected chi connectivity index (χ2v) is 5.20. The van der Waals surface area contributed by atoms with Crippen LogP contribution in [0.5, 0.6) is 5.75 Å². The van der Waals surface area contributed by atoms with Crippen molar-refractivity contribution in [2.75, 3.05) is 12.0 Å². The number of hydrogen-bond donors (Lipinski definition) is 0. The number of carbonyl (C=O) groups is 2. The molecule has 0 fully saturated rings. The van der Waals surface area contributed by atoms with Crippen molar-refractivity contribution in [2.24, 2.45) is 0 Å². The van der Waals surface area contributed by atoms with Gasteiger partial charge in [-0.1, -0.05) is 0 Å². The van der Waals surface area contributed by atoms with Gasteiger partial charge in [-0.15, -0.1) is 0 Å². The minimum Gasteiger partial charge on any atom is -0.497 e. The monoisotopic (exact) mass is 313 g/mol. The molecule has 2 heterocycles. The van der Waals surface area contributed by atoms with E-state index in [0.717, 1.165) is 0 Å². The quantitative estimate of drug-likeness (QED) is 0.806. The molecule has 1 unspecified atom stereocenters. The summed E-state index contributed by atoms with van der Waals surface area (Å²) in [7, 11) is 1.53. The number of amides is 1. The lowest BCUT2D eigenvalue weighted by Gasteiger charge is -2.23. The summed E-state index contributed by atoms with van der Waals surface area (Å²) in [6.45, 7) is 2.82. The maximum atomic E-state index is 12.9.